The van der Waals surface area contributed by atoms with Gasteiger partial charge in [0.15, 0.2) is 0 Å². The van der Waals surface area contributed by atoms with Crippen molar-refractivity contribution in [2.45, 2.75) is 0 Å². The zero-order valence-electron chi connectivity index (χ0n) is 20.3. The lowest BCUT2D eigenvalue weighted by atomic mass is 9.80. The van der Waals surface area contributed by atoms with Crippen LogP contribution in [-0.2, 0) is 0 Å². The van der Waals surface area contributed by atoms with E-state index in [0.29, 0.717) is 11.1 Å². The fraction of sp³-hybridized carbons (Fsp3) is 0. The third-order valence-electron chi connectivity index (χ3n) is 5.20. The van der Waals surface area contributed by atoms with Crippen molar-refractivity contribution >= 4 is 68.4 Å². The van der Waals surface area contributed by atoms with Gasteiger partial charge in [-0.15, -0.1) is 24.0 Å². The molecule has 0 aliphatic heterocycles. The second kappa shape index (κ2) is 16.6. The highest BCUT2D eigenvalue weighted by atomic mass is 127. The van der Waals surface area contributed by atoms with Crippen LogP contribution in [0.5, 0.6) is 0 Å². The molecule has 0 bridgehead atoms. The number of hydrogen-bond acceptors (Lipinski definition) is 2. The van der Waals surface area contributed by atoms with Gasteiger partial charge < -0.3 is 10.0 Å². The van der Waals surface area contributed by atoms with Gasteiger partial charge in [-0.25, -0.2) is 13.2 Å². The second-order valence-corrected chi connectivity index (χ2v) is 9.71. The van der Waals surface area contributed by atoms with Crippen molar-refractivity contribution in [2.24, 2.45) is 0 Å². The van der Waals surface area contributed by atoms with E-state index >= 15 is 0 Å². The van der Waals surface area contributed by atoms with Crippen LogP contribution < -0.4 is 5.46 Å². The van der Waals surface area contributed by atoms with Crippen molar-refractivity contribution in [3.8, 4) is 22.3 Å². The Bertz CT molecular complexity index is 1410. The van der Waals surface area contributed by atoms with Gasteiger partial charge in [-0.1, -0.05) is 111 Å². The Hall–Kier alpha value is -2.44. The van der Waals surface area contributed by atoms with Gasteiger partial charge in [0, 0.05) is 25.5 Å². The number of halogens is 6. The Morgan fingerprint density at radius 3 is 1.26 bits per heavy atom. The first-order valence-corrected chi connectivity index (χ1v) is 13.0. The van der Waals surface area contributed by atoms with Crippen LogP contribution in [0, 0.1) is 17.5 Å². The van der Waals surface area contributed by atoms with E-state index in [1.165, 1.54) is 36.4 Å². The highest BCUT2D eigenvalue weighted by molar-refractivity contribution is 14.0. The largest absolute Gasteiger partial charge is 0.491 e. The lowest BCUT2D eigenvalue weighted by Gasteiger charge is -2.07. The molecule has 0 unspecified atom stereocenters. The normalized spacial score (nSPS) is 9.72. The van der Waals surface area contributed by atoms with E-state index < -0.39 is 12.9 Å². The third kappa shape index (κ3) is 10.2. The fourth-order valence-electron chi connectivity index (χ4n) is 3.39. The van der Waals surface area contributed by atoms with Gasteiger partial charge in [-0.2, -0.15) is 0 Å². The molecule has 0 amide bonds. The van der Waals surface area contributed by atoms with Crippen LogP contribution in [0.2, 0.25) is 0 Å². The zero-order chi connectivity index (χ0) is 27.5. The van der Waals surface area contributed by atoms with Crippen LogP contribution in [-0.4, -0.2) is 17.2 Å². The summed E-state index contributed by atoms with van der Waals surface area (Å²) in [5, 5.41) is 17.0. The predicted molar refractivity (Wildman–Crippen MR) is 171 cm³/mol. The summed E-state index contributed by atoms with van der Waals surface area (Å²) in [6, 6.07) is 33.9. The Kier molecular flexibility index (Phi) is 14.0. The summed E-state index contributed by atoms with van der Waals surface area (Å²) < 4.78 is 42.4. The van der Waals surface area contributed by atoms with Gasteiger partial charge in [0.1, 0.15) is 17.5 Å². The SMILES string of the molecule is Brc1cccc(Br)c1.Fc1ccccc1-c1cccc(-c2ccccc2F)c1.I.OB(O)c1ccccc1F. The maximum atomic E-state index is 13.8. The summed E-state index contributed by atoms with van der Waals surface area (Å²) in [5.41, 5.74) is 2.42. The summed E-state index contributed by atoms with van der Waals surface area (Å²) >= 11 is 6.66. The van der Waals surface area contributed by atoms with Crippen LogP contribution >= 0.6 is 55.8 Å². The molecule has 0 saturated carbocycles. The summed E-state index contributed by atoms with van der Waals surface area (Å²) in [5.74, 6) is -1.16. The molecular weight excluding hydrogens is 747 g/mol. The quantitative estimate of drug-likeness (QED) is 0.143. The molecule has 39 heavy (non-hydrogen) atoms. The van der Waals surface area contributed by atoms with Crippen molar-refractivity contribution in [1.82, 2.24) is 0 Å². The fourth-order valence-corrected chi connectivity index (χ4v) is 4.49. The molecule has 0 aliphatic carbocycles. The van der Waals surface area contributed by atoms with Crippen molar-refractivity contribution in [2.75, 3.05) is 0 Å². The molecule has 0 aromatic heterocycles. The average molecular weight is 770 g/mol. The van der Waals surface area contributed by atoms with Crippen LogP contribution in [0.1, 0.15) is 0 Å². The van der Waals surface area contributed by atoms with Crippen LogP contribution in [0.25, 0.3) is 22.3 Å². The Balaban J connectivity index is 0.000000235. The van der Waals surface area contributed by atoms with Crippen molar-refractivity contribution in [1.29, 1.82) is 0 Å². The second-order valence-electron chi connectivity index (χ2n) is 7.88. The van der Waals surface area contributed by atoms with E-state index in [4.69, 9.17) is 10.0 Å². The number of rotatable bonds is 3. The molecule has 0 fully saturated rings. The smallest absolute Gasteiger partial charge is 0.423 e. The molecular formula is C30H23BBr2F3IO2. The average Bonchev–Trinajstić information content (AvgIpc) is 2.90. The van der Waals surface area contributed by atoms with Gasteiger partial charge in [-0.05, 0) is 53.6 Å². The monoisotopic (exact) mass is 768 g/mol. The summed E-state index contributed by atoms with van der Waals surface area (Å²) in [6.45, 7) is 0. The molecule has 0 saturated heterocycles. The van der Waals surface area contributed by atoms with Gasteiger partial charge in [0.2, 0.25) is 0 Å². The Morgan fingerprint density at radius 1 is 0.487 bits per heavy atom. The molecule has 2 nitrogen and oxygen atoms in total. The minimum atomic E-state index is -1.72. The minimum Gasteiger partial charge on any atom is -0.423 e. The molecule has 9 heteroatoms. The van der Waals surface area contributed by atoms with E-state index in [1.54, 1.807) is 42.5 Å². The summed E-state index contributed by atoms with van der Waals surface area (Å²) in [6.07, 6.45) is 0. The molecule has 0 atom stereocenters. The van der Waals surface area contributed by atoms with Crippen molar-refractivity contribution < 1.29 is 23.2 Å². The van der Waals surface area contributed by atoms with E-state index in [0.717, 1.165) is 20.1 Å². The molecule has 200 valence electrons. The number of benzene rings is 5. The van der Waals surface area contributed by atoms with Gasteiger partial charge in [0.25, 0.3) is 0 Å². The maximum Gasteiger partial charge on any atom is 0.491 e. The summed E-state index contributed by atoms with van der Waals surface area (Å²) in [7, 11) is -1.72. The molecule has 2 N–H and O–H groups in total. The van der Waals surface area contributed by atoms with Crippen molar-refractivity contribution in [3.05, 3.63) is 148 Å². The molecule has 0 heterocycles. The minimum absolute atomic E-state index is 0. The van der Waals surface area contributed by atoms with Crippen LogP contribution in [0.3, 0.4) is 0 Å². The Morgan fingerprint density at radius 2 is 0.897 bits per heavy atom. The zero-order valence-corrected chi connectivity index (χ0v) is 25.8. The highest BCUT2D eigenvalue weighted by Gasteiger charge is 2.14. The molecule has 5 rings (SSSR count). The lowest BCUT2D eigenvalue weighted by Crippen LogP contribution is -2.32. The van der Waals surface area contributed by atoms with Gasteiger partial charge in [-0.3, -0.25) is 0 Å². The van der Waals surface area contributed by atoms with Gasteiger partial charge >= 0.3 is 7.12 Å². The van der Waals surface area contributed by atoms with Crippen LogP contribution in [0.4, 0.5) is 13.2 Å². The van der Waals surface area contributed by atoms with Crippen molar-refractivity contribution in [3.63, 3.8) is 0 Å². The van der Waals surface area contributed by atoms with E-state index in [9.17, 15) is 13.2 Å². The lowest BCUT2D eigenvalue weighted by molar-refractivity contribution is 0.423. The van der Waals surface area contributed by atoms with E-state index in [-0.39, 0.29) is 41.1 Å². The number of hydrogen-bond donors (Lipinski definition) is 2. The first kappa shape index (κ1) is 32.8. The van der Waals surface area contributed by atoms with E-state index in [1.807, 2.05) is 42.5 Å². The van der Waals surface area contributed by atoms with Crippen LogP contribution in [0.15, 0.2) is 130 Å². The first-order valence-electron chi connectivity index (χ1n) is 11.4. The highest BCUT2D eigenvalue weighted by Crippen LogP contribution is 2.29. The topological polar surface area (TPSA) is 40.5 Å². The molecule has 0 aliphatic rings. The molecule has 5 aromatic rings. The third-order valence-corrected chi connectivity index (χ3v) is 6.19. The molecule has 0 spiro atoms. The molecule has 0 radical (unpaired) electrons. The predicted octanol–water partition coefficient (Wildman–Crippen LogP) is 8.63. The standard InChI is InChI=1S/C18H12F2.C6H6BFO2.C6H4Br2.HI/c19-17-10-3-1-8-15(17)13-6-5-7-14(12-13)16-9-2-4-11-18(16)20;8-6-4-2-1-3-5(6)7(9)10;7-5-2-1-3-6(8)4-5;/h1-12H;1-4,9-10H;1-4H;1H. The first-order chi connectivity index (χ1) is 18.3. The van der Waals surface area contributed by atoms with E-state index in [2.05, 4.69) is 31.9 Å². The summed E-state index contributed by atoms with van der Waals surface area (Å²) in [4.78, 5) is 0. The maximum absolute atomic E-state index is 13.8. The van der Waals surface area contributed by atoms with Gasteiger partial charge in [0.05, 0.1) is 0 Å². The Labute approximate surface area is 260 Å². The molecule has 5 aromatic carbocycles.